The number of amides is 1. The van der Waals surface area contributed by atoms with Crippen LogP contribution in [0.3, 0.4) is 0 Å². The molecule has 0 aliphatic rings. The fraction of sp³-hybridized carbons (Fsp3) is 0.133. The molecule has 0 aliphatic heterocycles. The first kappa shape index (κ1) is 12.2. The third kappa shape index (κ3) is 2.51. The Bertz CT molecular complexity index is 544. The van der Waals surface area contributed by atoms with E-state index in [-0.39, 0.29) is 5.91 Å². The SMILES string of the molecule is Cc1cc(N)cc(C(=O)N(C)c2ccccc2)c1. The molecule has 0 spiro atoms. The molecule has 0 saturated carbocycles. The minimum absolute atomic E-state index is 0.0587. The molecular formula is C15H16N2O. The van der Waals surface area contributed by atoms with Crippen LogP contribution in [-0.2, 0) is 0 Å². The third-order valence-electron chi connectivity index (χ3n) is 2.79. The average molecular weight is 240 g/mol. The topological polar surface area (TPSA) is 46.3 Å². The van der Waals surface area contributed by atoms with Gasteiger partial charge >= 0.3 is 0 Å². The van der Waals surface area contributed by atoms with E-state index < -0.39 is 0 Å². The second kappa shape index (κ2) is 4.92. The number of carbonyl (C=O) groups excluding carboxylic acids is 1. The number of nitrogens with zero attached hydrogens (tertiary/aromatic N) is 1. The molecule has 3 heteroatoms. The highest BCUT2D eigenvalue weighted by Crippen LogP contribution is 2.17. The van der Waals surface area contributed by atoms with Crippen LogP contribution in [0.4, 0.5) is 11.4 Å². The van der Waals surface area contributed by atoms with Crippen LogP contribution in [0, 0.1) is 6.92 Å². The lowest BCUT2D eigenvalue weighted by atomic mass is 10.1. The van der Waals surface area contributed by atoms with Crippen LogP contribution in [0.25, 0.3) is 0 Å². The fourth-order valence-electron chi connectivity index (χ4n) is 1.90. The third-order valence-corrected chi connectivity index (χ3v) is 2.79. The summed E-state index contributed by atoms with van der Waals surface area (Å²) < 4.78 is 0. The summed E-state index contributed by atoms with van der Waals surface area (Å²) in [6.45, 7) is 1.93. The van der Waals surface area contributed by atoms with Crippen LogP contribution in [0.5, 0.6) is 0 Å². The summed E-state index contributed by atoms with van der Waals surface area (Å²) in [5, 5.41) is 0. The van der Waals surface area contributed by atoms with Crippen molar-refractivity contribution in [1.82, 2.24) is 0 Å². The quantitative estimate of drug-likeness (QED) is 0.820. The molecule has 0 aromatic heterocycles. The van der Waals surface area contributed by atoms with Gasteiger partial charge in [-0.05, 0) is 42.8 Å². The molecule has 0 fully saturated rings. The van der Waals surface area contributed by atoms with E-state index in [1.54, 1.807) is 18.0 Å². The van der Waals surface area contributed by atoms with Crippen molar-refractivity contribution in [3.05, 3.63) is 59.7 Å². The Morgan fingerprint density at radius 2 is 1.78 bits per heavy atom. The van der Waals surface area contributed by atoms with E-state index in [1.807, 2.05) is 49.4 Å². The number of hydrogen-bond donors (Lipinski definition) is 1. The number of aryl methyl sites for hydroxylation is 1. The van der Waals surface area contributed by atoms with Crippen molar-refractivity contribution in [2.24, 2.45) is 0 Å². The van der Waals surface area contributed by atoms with Crippen LogP contribution in [0.2, 0.25) is 0 Å². The molecule has 0 bridgehead atoms. The van der Waals surface area contributed by atoms with Crippen molar-refractivity contribution in [2.45, 2.75) is 6.92 Å². The molecule has 0 atom stereocenters. The van der Waals surface area contributed by atoms with Crippen LogP contribution >= 0.6 is 0 Å². The van der Waals surface area contributed by atoms with Crippen LogP contribution in [-0.4, -0.2) is 13.0 Å². The zero-order valence-electron chi connectivity index (χ0n) is 10.6. The van der Waals surface area contributed by atoms with E-state index in [1.165, 1.54) is 0 Å². The summed E-state index contributed by atoms with van der Waals surface area (Å²) in [5.74, 6) is -0.0587. The Morgan fingerprint density at radius 3 is 2.39 bits per heavy atom. The molecular weight excluding hydrogens is 224 g/mol. The summed E-state index contributed by atoms with van der Waals surface area (Å²) in [5.41, 5.74) is 8.84. The minimum atomic E-state index is -0.0587. The Hall–Kier alpha value is -2.29. The molecule has 2 rings (SSSR count). The van der Waals surface area contributed by atoms with Gasteiger partial charge in [-0.3, -0.25) is 4.79 Å². The fourth-order valence-corrected chi connectivity index (χ4v) is 1.90. The molecule has 2 N–H and O–H groups in total. The molecule has 0 unspecified atom stereocenters. The largest absolute Gasteiger partial charge is 0.399 e. The number of nitrogens with two attached hydrogens (primary N) is 1. The van der Waals surface area contributed by atoms with Gasteiger partial charge in [0.15, 0.2) is 0 Å². The van der Waals surface area contributed by atoms with Crippen LogP contribution < -0.4 is 10.6 Å². The maximum absolute atomic E-state index is 12.3. The first-order chi connectivity index (χ1) is 8.58. The number of rotatable bonds is 2. The van der Waals surface area contributed by atoms with Gasteiger partial charge in [0, 0.05) is 24.0 Å². The van der Waals surface area contributed by atoms with Crippen LogP contribution in [0.15, 0.2) is 48.5 Å². The number of benzene rings is 2. The van der Waals surface area contributed by atoms with Gasteiger partial charge in [0.25, 0.3) is 5.91 Å². The zero-order chi connectivity index (χ0) is 13.1. The summed E-state index contributed by atoms with van der Waals surface area (Å²) in [4.78, 5) is 13.9. The lowest BCUT2D eigenvalue weighted by Crippen LogP contribution is -2.26. The molecule has 1 amide bonds. The Morgan fingerprint density at radius 1 is 1.11 bits per heavy atom. The highest BCUT2D eigenvalue weighted by Gasteiger charge is 2.13. The van der Waals surface area contributed by atoms with Crippen molar-refractivity contribution in [3.63, 3.8) is 0 Å². The summed E-state index contributed by atoms with van der Waals surface area (Å²) >= 11 is 0. The van der Waals surface area contributed by atoms with E-state index in [2.05, 4.69) is 0 Å². The molecule has 0 radical (unpaired) electrons. The van der Waals surface area contributed by atoms with Gasteiger partial charge in [-0.25, -0.2) is 0 Å². The number of carbonyl (C=O) groups is 1. The normalized spacial score (nSPS) is 10.1. The zero-order valence-corrected chi connectivity index (χ0v) is 10.6. The summed E-state index contributed by atoms with van der Waals surface area (Å²) in [6.07, 6.45) is 0. The molecule has 0 saturated heterocycles. The second-order valence-electron chi connectivity index (χ2n) is 4.33. The van der Waals surface area contributed by atoms with Gasteiger partial charge in [-0.15, -0.1) is 0 Å². The molecule has 3 nitrogen and oxygen atoms in total. The maximum atomic E-state index is 12.3. The van der Waals surface area contributed by atoms with E-state index in [0.717, 1.165) is 11.3 Å². The molecule has 2 aromatic carbocycles. The van der Waals surface area contributed by atoms with E-state index in [9.17, 15) is 4.79 Å². The first-order valence-electron chi connectivity index (χ1n) is 5.78. The molecule has 2 aromatic rings. The standard InChI is InChI=1S/C15H16N2O/c1-11-8-12(10-13(16)9-11)15(18)17(2)14-6-4-3-5-7-14/h3-10H,16H2,1-2H3. The predicted molar refractivity (Wildman–Crippen MR) is 74.8 cm³/mol. The maximum Gasteiger partial charge on any atom is 0.258 e. The molecule has 92 valence electrons. The highest BCUT2D eigenvalue weighted by molar-refractivity contribution is 6.06. The average Bonchev–Trinajstić information content (AvgIpc) is 2.37. The van der Waals surface area contributed by atoms with Gasteiger partial charge < -0.3 is 10.6 Å². The summed E-state index contributed by atoms with van der Waals surface area (Å²) in [6, 6.07) is 14.9. The van der Waals surface area contributed by atoms with Gasteiger partial charge in [0.2, 0.25) is 0 Å². The van der Waals surface area contributed by atoms with E-state index >= 15 is 0 Å². The number of para-hydroxylation sites is 1. The smallest absolute Gasteiger partial charge is 0.258 e. The van der Waals surface area contributed by atoms with Gasteiger partial charge in [0.05, 0.1) is 0 Å². The number of hydrogen-bond acceptors (Lipinski definition) is 2. The minimum Gasteiger partial charge on any atom is -0.399 e. The van der Waals surface area contributed by atoms with Gasteiger partial charge in [-0.2, -0.15) is 0 Å². The Kier molecular flexibility index (Phi) is 3.33. The number of anilines is 2. The predicted octanol–water partition coefficient (Wildman–Crippen LogP) is 2.85. The van der Waals surface area contributed by atoms with Gasteiger partial charge in [-0.1, -0.05) is 18.2 Å². The van der Waals surface area contributed by atoms with Crippen molar-refractivity contribution >= 4 is 17.3 Å². The second-order valence-corrected chi connectivity index (χ2v) is 4.33. The van der Waals surface area contributed by atoms with Crippen molar-refractivity contribution in [3.8, 4) is 0 Å². The molecule has 0 heterocycles. The van der Waals surface area contributed by atoms with Crippen molar-refractivity contribution in [2.75, 3.05) is 17.7 Å². The van der Waals surface area contributed by atoms with E-state index in [0.29, 0.717) is 11.3 Å². The summed E-state index contributed by atoms with van der Waals surface area (Å²) in [7, 11) is 1.76. The van der Waals surface area contributed by atoms with E-state index in [4.69, 9.17) is 5.73 Å². The molecule has 0 aliphatic carbocycles. The Balaban J connectivity index is 2.31. The van der Waals surface area contributed by atoms with Crippen molar-refractivity contribution < 1.29 is 4.79 Å². The monoisotopic (exact) mass is 240 g/mol. The van der Waals surface area contributed by atoms with Gasteiger partial charge in [0.1, 0.15) is 0 Å². The van der Waals surface area contributed by atoms with Crippen LogP contribution in [0.1, 0.15) is 15.9 Å². The highest BCUT2D eigenvalue weighted by atomic mass is 16.2. The lowest BCUT2D eigenvalue weighted by molar-refractivity contribution is 0.0993. The lowest BCUT2D eigenvalue weighted by Gasteiger charge is -2.17. The first-order valence-corrected chi connectivity index (χ1v) is 5.78. The molecule has 18 heavy (non-hydrogen) atoms. The Labute approximate surface area is 107 Å². The van der Waals surface area contributed by atoms with Crippen molar-refractivity contribution in [1.29, 1.82) is 0 Å². The number of nitrogen functional groups attached to an aromatic ring is 1.